The maximum Gasteiger partial charge on any atom is 0.259 e. The molecule has 0 aliphatic heterocycles. The zero-order chi connectivity index (χ0) is 14.8. The molecule has 0 unspecified atom stereocenters. The molecule has 3 aromatic rings. The van der Waals surface area contributed by atoms with Gasteiger partial charge in [-0.3, -0.25) is 9.78 Å². The lowest BCUT2D eigenvalue weighted by molar-refractivity contribution is 0.102. The molecular weight excluding hydrogens is 379 g/mol. The maximum absolute atomic E-state index is 12.3. The molecule has 1 aromatic heterocycles. The number of phenols is 1. The highest BCUT2D eigenvalue weighted by Gasteiger charge is 2.14. The molecule has 0 bridgehead atoms. The lowest BCUT2D eigenvalue weighted by Crippen LogP contribution is -2.12. The van der Waals surface area contributed by atoms with Crippen molar-refractivity contribution in [3.05, 3.63) is 63.9 Å². The van der Waals surface area contributed by atoms with Crippen LogP contribution in [0, 0.1) is 3.57 Å². The highest BCUT2D eigenvalue weighted by molar-refractivity contribution is 14.1. The molecule has 0 saturated heterocycles. The van der Waals surface area contributed by atoms with E-state index >= 15 is 0 Å². The first-order valence-corrected chi connectivity index (χ1v) is 7.37. The van der Waals surface area contributed by atoms with E-state index in [1.807, 2.05) is 46.9 Å². The van der Waals surface area contributed by atoms with Crippen molar-refractivity contribution in [1.82, 2.24) is 4.98 Å². The molecule has 0 aliphatic carbocycles. The average molecular weight is 390 g/mol. The van der Waals surface area contributed by atoms with Gasteiger partial charge in [-0.15, -0.1) is 0 Å². The average Bonchev–Trinajstić information content (AvgIpc) is 2.50. The second kappa shape index (κ2) is 5.69. The lowest BCUT2D eigenvalue weighted by atomic mass is 10.1. The number of para-hydroxylation sites is 2. The zero-order valence-corrected chi connectivity index (χ0v) is 13.0. The summed E-state index contributed by atoms with van der Waals surface area (Å²) in [5.41, 5.74) is 1.59. The number of aromatic nitrogens is 1. The molecule has 2 aromatic carbocycles. The Labute approximate surface area is 135 Å². The molecule has 0 saturated carbocycles. The Morgan fingerprint density at radius 3 is 2.71 bits per heavy atom. The summed E-state index contributed by atoms with van der Waals surface area (Å²) in [6.45, 7) is 0. The van der Waals surface area contributed by atoms with Crippen LogP contribution < -0.4 is 5.32 Å². The number of aromatic hydroxyl groups is 1. The van der Waals surface area contributed by atoms with Crippen LogP contribution in [0.3, 0.4) is 0 Å². The van der Waals surface area contributed by atoms with Gasteiger partial charge in [-0.1, -0.05) is 24.3 Å². The van der Waals surface area contributed by atoms with Crippen LogP contribution in [0.4, 0.5) is 5.69 Å². The molecule has 0 radical (unpaired) electrons. The maximum atomic E-state index is 12.3. The third-order valence-electron chi connectivity index (χ3n) is 3.11. The topological polar surface area (TPSA) is 62.2 Å². The van der Waals surface area contributed by atoms with Gasteiger partial charge in [-0.2, -0.15) is 0 Å². The van der Waals surface area contributed by atoms with Gasteiger partial charge in [0.15, 0.2) is 0 Å². The fourth-order valence-electron chi connectivity index (χ4n) is 2.09. The molecule has 2 N–H and O–H groups in total. The van der Waals surface area contributed by atoms with E-state index in [9.17, 15) is 9.90 Å². The SMILES string of the molecule is O=C(Nc1cccc2cccnc12)c1cccc(I)c1O. The fraction of sp³-hybridized carbons (Fsp3) is 0. The van der Waals surface area contributed by atoms with Crippen molar-refractivity contribution in [2.45, 2.75) is 0 Å². The summed E-state index contributed by atoms with van der Waals surface area (Å²) in [6.07, 6.45) is 1.68. The van der Waals surface area contributed by atoms with Gasteiger partial charge < -0.3 is 10.4 Å². The Morgan fingerprint density at radius 2 is 1.86 bits per heavy atom. The summed E-state index contributed by atoms with van der Waals surface area (Å²) >= 11 is 1.99. The van der Waals surface area contributed by atoms with Crippen molar-refractivity contribution in [3.63, 3.8) is 0 Å². The minimum Gasteiger partial charge on any atom is -0.506 e. The number of hydrogen-bond donors (Lipinski definition) is 2. The van der Waals surface area contributed by atoms with Gasteiger partial charge >= 0.3 is 0 Å². The van der Waals surface area contributed by atoms with Gasteiger partial charge in [0, 0.05) is 11.6 Å². The summed E-state index contributed by atoms with van der Waals surface area (Å²) in [5.74, 6) is -0.368. The second-order valence-electron chi connectivity index (χ2n) is 4.47. The van der Waals surface area contributed by atoms with Gasteiger partial charge in [0.25, 0.3) is 5.91 Å². The summed E-state index contributed by atoms with van der Waals surface area (Å²) in [5, 5.41) is 13.7. The highest BCUT2D eigenvalue weighted by atomic mass is 127. The number of amides is 1. The highest BCUT2D eigenvalue weighted by Crippen LogP contribution is 2.26. The fourth-order valence-corrected chi connectivity index (χ4v) is 2.59. The molecule has 4 nitrogen and oxygen atoms in total. The van der Waals surface area contributed by atoms with Crippen LogP contribution in [0.15, 0.2) is 54.7 Å². The minimum absolute atomic E-state index is 0.0104. The number of carbonyl (C=O) groups is 1. The Balaban J connectivity index is 1.99. The van der Waals surface area contributed by atoms with Gasteiger partial charge in [0.1, 0.15) is 5.75 Å². The van der Waals surface area contributed by atoms with E-state index in [-0.39, 0.29) is 17.2 Å². The largest absolute Gasteiger partial charge is 0.506 e. The van der Waals surface area contributed by atoms with E-state index < -0.39 is 0 Å². The van der Waals surface area contributed by atoms with Crippen molar-refractivity contribution in [2.75, 3.05) is 5.32 Å². The summed E-state index contributed by atoms with van der Waals surface area (Å²) in [6, 6.07) is 14.4. The van der Waals surface area contributed by atoms with Gasteiger partial charge in [0.2, 0.25) is 0 Å². The van der Waals surface area contributed by atoms with E-state index in [1.54, 1.807) is 30.5 Å². The van der Waals surface area contributed by atoms with Crippen LogP contribution in [0.25, 0.3) is 10.9 Å². The predicted molar refractivity (Wildman–Crippen MR) is 90.5 cm³/mol. The van der Waals surface area contributed by atoms with Crippen molar-refractivity contribution < 1.29 is 9.90 Å². The predicted octanol–water partition coefficient (Wildman–Crippen LogP) is 3.80. The van der Waals surface area contributed by atoms with E-state index in [4.69, 9.17) is 0 Å². The van der Waals surface area contributed by atoms with E-state index in [0.717, 1.165) is 10.9 Å². The monoisotopic (exact) mass is 390 g/mol. The van der Waals surface area contributed by atoms with Crippen LogP contribution >= 0.6 is 22.6 Å². The van der Waals surface area contributed by atoms with Crippen LogP contribution in [0.5, 0.6) is 5.75 Å². The Bertz CT molecular complexity index is 828. The summed E-state index contributed by atoms with van der Waals surface area (Å²) in [4.78, 5) is 16.6. The van der Waals surface area contributed by atoms with Gasteiger partial charge in [0.05, 0.1) is 20.3 Å². The number of rotatable bonds is 2. The third-order valence-corrected chi connectivity index (χ3v) is 3.98. The number of nitrogens with one attached hydrogen (secondary N) is 1. The number of nitrogens with zero attached hydrogens (tertiary/aromatic N) is 1. The Morgan fingerprint density at radius 1 is 1.10 bits per heavy atom. The smallest absolute Gasteiger partial charge is 0.259 e. The number of halogens is 1. The van der Waals surface area contributed by atoms with Crippen molar-refractivity contribution in [1.29, 1.82) is 0 Å². The first kappa shape index (κ1) is 13.8. The molecule has 1 heterocycles. The lowest BCUT2D eigenvalue weighted by Gasteiger charge is -2.09. The Hall–Kier alpha value is -2.15. The van der Waals surface area contributed by atoms with Crippen LogP contribution in [-0.4, -0.2) is 16.0 Å². The zero-order valence-electron chi connectivity index (χ0n) is 10.9. The molecule has 0 atom stereocenters. The van der Waals surface area contributed by atoms with Crippen LogP contribution in [0.2, 0.25) is 0 Å². The number of phenolic OH excluding ortho intramolecular Hbond substituents is 1. The molecule has 5 heteroatoms. The standard InChI is InChI=1S/C16H11IN2O2/c17-12-7-2-6-11(15(12)20)16(21)19-13-8-1-4-10-5-3-9-18-14(10)13/h1-9,20H,(H,19,21). The van der Waals surface area contributed by atoms with E-state index in [1.165, 1.54) is 0 Å². The number of carbonyl (C=O) groups excluding carboxylic acids is 1. The normalized spacial score (nSPS) is 10.5. The van der Waals surface area contributed by atoms with E-state index in [0.29, 0.717) is 9.26 Å². The number of pyridine rings is 1. The molecule has 3 rings (SSSR count). The first-order valence-electron chi connectivity index (χ1n) is 6.29. The summed E-state index contributed by atoms with van der Waals surface area (Å²) < 4.78 is 0.635. The van der Waals surface area contributed by atoms with Crippen LogP contribution in [0.1, 0.15) is 10.4 Å². The molecule has 1 amide bonds. The summed E-state index contributed by atoms with van der Waals surface area (Å²) in [7, 11) is 0. The van der Waals surface area contributed by atoms with Gasteiger partial charge in [-0.05, 0) is 46.9 Å². The molecule has 0 fully saturated rings. The Kier molecular flexibility index (Phi) is 3.74. The van der Waals surface area contributed by atoms with E-state index in [2.05, 4.69) is 10.3 Å². The second-order valence-corrected chi connectivity index (χ2v) is 5.63. The van der Waals surface area contributed by atoms with Crippen LogP contribution in [-0.2, 0) is 0 Å². The molecule has 21 heavy (non-hydrogen) atoms. The van der Waals surface area contributed by atoms with Gasteiger partial charge in [-0.25, -0.2) is 0 Å². The van der Waals surface area contributed by atoms with Crippen molar-refractivity contribution in [2.24, 2.45) is 0 Å². The number of anilines is 1. The molecular formula is C16H11IN2O2. The molecule has 0 aliphatic rings. The van der Waals surface area contributed by atoms with Crippen molar-refractivity contribution >= 4 is 45.1 Å². The molecule has 104 valence electrons. The first-order chi connectivity index (χ1) is 10.2. The third kappa shape index (κ3) is 2.69. The number of benzene rings is 2. The van der Waals surface area contributed by atoms with Crippen molar-refractivity contribution in [3.8, 4) is 5.75 Å². The number of hydrogen-bond acceptors (Lipinski definition) is 3. The number of fused-ring (bicyclic) bond motifs is 1. The quantitative estimate of drug-likeness (QED) is 0.655. The minimum atomic E-state index is -0.357. The molecule has 0 spiro atoms.